The van der Waals surface area contributed by atoms with Crippen LogP contribution in [0.25, 0.3) is 0 Å². The molecule has 31 heavy (non-hydrogen) atoms. The van der Waals surface area contributed by atoms with Gasteiger partial charge >= 0.3 is 0 Å². The highest BCUT2D eigenvalue weighted by atomic mass is 16.5. The molecule has 0 bridgehead atoms. The minimum absolute atomic E-state index is 0.0329. The van der Waals surface area contributed by atoms with Crippen LogP contribution in [0.4, 0.5) is 0 Å². The summed E-state index contributed by atoms with van der Waals surface area (Å²) in [7, 11) is 0. The molecule has 0 amide bonds. The van der Waals surface area contributed by atoms with Crippen LogP contribution in [0.1, 0.15) is 90.0 Å². The standard InChI is InChI=1S/C28H45NO2/c1-22(2)26(29-21-23-13-6-3-7-14-23)19-12-20-31-28(25-17-10-5-11-18-25)27(30)24-15-8-4-9-16-24/h3,6-7,12-14,20,22,24-30H,4-5,8-11,15-19,21H2,1-2H3/b20-12+/t26-,27-,28-/m1/s1. The van der Waals surface area contributed by atoms with Crippen LogP contribution in [-0.2, 0) is 11.3 Å². The molecule has 2 saturated carbocycles. The Balaban J connectivity index is 1.54. The number of aliphatic hydroxyl groups excluding tert-OH is 1. The first-order valence-corrected chi connectivity index (χ1v) is 12.9. The quantitative estimate of drug-likeness (QED) is 0.390. The molecule has 2 N–H and O–H groups in total. The third-order valence-corrected chi connectivity index (χ3v) is 7.52. The molecule has 0 spiro atoms. The van der Waals surface area contributed by atoms with Crippen molar-refractivity contribution in [2.45, 2.75) is 109 Å². The molecule has 0 saturated heterocycles. The molecule has 3 atom stereocenters. The summed E-state index contributed by atoms with van der Waals surface area (Å²) in [5.41, 5.74) is 1.32. The number of hydrogen-bond acceptors (Lipinski definition) is 3. The van der Waals surface area contributed by atoms with Crippen molar-refractivity contribution < 1.29 is 9.84 Å². The lowest BCUT2D eigenvalue weighted by atomic mass is 9.76. The maximum Gasteiger partial charge on any atom is 0.127 e. The highest BCUT2D eigenvalue weighted by Gasteiger charge is 2.35. The molecule has 0 heterocycles. The first-order chi connectivity index (χ1) is 15.1. The lowest BCUT2D eigenvalue weighted by molar-refractivity contribution is -0.0690. The first kappa shape index (κ1) is 24.3. The Morgan fingerprint density at radius 3 is 2.16 bits per heavy atom. The Morgan fingerprint density at radius 2 is 1.55 bits per heavy atom. The third-order valence-electron chi connectivity index (χ3n) is 7.52. The molecule has 1 aromatic rings. The van der Waals surface area contributed by atoms with Crippen molar-refractivity contribution in [3.05, 3.63) is 48.2 Å². The monoisotopic (exact) mass is 427 g/mol. The highest BCUT2D eigenvalue weighted by molar-refractivity contribution is 5.14. The molecular weight excluding hydrogens is 382 g/mol. The molecule has 3 nitrogen and oxygen atoms in total. The van der Waals surface area contributed by atoms with Crippen LogP contribution >= 0.6 is 0 Å². The predicted molar refractivity (Wildman–Crippen MR) is 130 cm³/mol. The van der Waals surface area contributed by atoms with Crippen molar-refractivity contribution in [1.29, 1.82) is 0 Å². The molecule has 174 valence electrons. The lowest BCUT2D eigenvalue weighted by Crippen LogP contribution is -2.41. The molecule has 0 unspecified atom stereocenters. The summed E-state index contributed by atoms with van der Waals surface area (Å²) >= 11 is 0. The maximum absolute atomic E-state index is 11.2. The fourth-order valence-electron chi connectivity index (χ4n) is 5.46. The Hall–Kier alpha value is -1.32. The Labute approximate surface area is 190 Å². The van der Waals surface area contributed by atoms with Gasteiger partial charge in [-0.3, -0.25) is 0 Å². The van der Waals surface area contributed by atoms with Crippen molar-refractivity contribution in [3.63, 3.8) is 0 Å². The van der Waals surface area contributed by atoms with E-state index in [4.69, 9.17) is 4.74 Å². The average molecular weight is 428 g/mol. The smallest absolute Gasteiger partial charge is 0.127 e. The zero-order chi connectivity index (χ0) is 21.9. The van der Waals surface area contributed by atoms with Crippen molar-refractivity contribution in [2.24, 2.45) is 17.8 Å². The van der Waals surface area contributed by atoms with Crippen molar-refractivity contribution in [1.82, 2.24) is 5.32 Å². The second kappa shape index (κ2) is 13.3. The van der Waals surface area contributed by atoms with Gasteiger partial charge in [-0.05, 0) is 61.5 Å². The molecule has 3 heteroatoms. The summed E-state index contributed by atoms with van der Waals surface area (Å²) in [4.78, 5) is 0. The molecule has 2 fully saturated rings. The lowest BCUT2D eigenvalue weighted by Gasteiger charge is -2.37. The van der Waals surface area contributed by atoms with Gasteiger partial charge in [0.1, 0.15) is 6.10 Å². The highest BCUT2D eigenvalue weighted by Crippen LogP contribution is 2.35. The molecular formula is C28H45NO2. The zero-order valence-corrected chi connectivity index (χ0v) is 19.8. The van der Waals surface area contributed by atoms with E-state index in [1.165, 1.54) is 56.9 Å². The van der Waals surface area contributed by atoms with Gasteiger partial charge in [-0.25, -0.2) is 0 Å². The van der Waals surface area contributed by atoms with Crippen LogP contribution in [-0.4, -0.2) is 23.4 Å². The van der Waals surface area contributed by atoms with Gasteiger partial charge < -0.3 is 15.2 Å². The van der Waals surface area contributed by atoms with E-state index in [2.05, 4.69) is 55.6 Å². The number of ether oxygens (including phenoxy) is 1. The van der Waals surface area contributed by atoms with E-state index in [0.29, 0.717) is 23.8 Å². The van der Waals surface area contributed by atoms with Crippen molar-refractivity contribution in [2.75, 3.05) is 0 Å². The third kappa shape index (κ3) is 7.95. The maximum atomic E-state index is 11.2. The van der Waals surface area contributed by atoms with Crippen LogP contribution < -0.4 is 5.32 Å². The minimum Gasteiger partial charge on any atom is -0.495 e. The summed E-state index contributed by atoms with van der Waals surface area (Å²) < 4.78 is 6.33. The van der Waals surface area contributed by atoms with Gasteiger partial charge in [0.15, 0.2) is 0 Å². The number of aliphatic hydroxyl groups is 1. The van der Waals surface area contributed by atoms with E-state index in [1.54, 1.807) is 0 Å². The number of nitrogens with one attached hydrogen (secondary N) is 1. The summed E-state index contributed by atoms with van der Waals surface area (Å²) in [5, 5.41) is 14.9. The number of benzene rings is 1. The second-order valence-corrected chi connectivity index (χ2v) is 10.2. The summed E-state index contributed by atoms with van der Waals surface area (Å²) in [5.74, 6) is 1.48. The topological polar surface area (TPSA) is 41.5 Å². The van der Waals surface area contributed by atoms with Crippen molar-refractivity contribution in [3.8, 4) is 0 Å². The first-order valence-electron chi connectivity index (χ1n) is 12.9. The van der Waals surface area contributed by atoms with E-state index in [0.717, 1.165) is 25.8 Å². The minimum atomic E-state index is -0.315. The van der Waals surface area contributed by atoms with Gasteiger partial charge in [-0.15, -0.1) is 0 Å². The Kier molecular flexibility index (Phi) is 10.4. The van der Waals surface area contributed by atoms with Gasteiger partial charge in [0, 0.05) is 12.6 Å². The van der Waals surface area contributed by atoms with Crippen LogP contribution in [0.5, 0.6) is 0 Å². The molecule has 2 aliphatic rings. The normalized spacial score (nSPS) is 21.9. The van der Waals surface area contributed by atoms with Gasteiger partial charge in [-0.1, -0.05) is 82.7 Å². The Bertz CT molecular complexity index is 617. The molecule has 2 aliphatic carbocycles. The van der Waals surface area contributed by atoms with E-state index in [9.17, 15) is 5.11 Å². The fourth-order valence-corrected chi connectivity index (χ4v) is 5.46. The summed E-state index contributed by atoms with van der Waals surface area (Å²) in [6.07, 6.45) is 17.2. The van der Waals surface area contributed by atoms with Crippen LogP contribution in [0.3, 0.4) is 0 Å². The Morgan fingerprint density at radius 1 is 0.935 bits per heavy atom. The zero-order valence-electron chi connectivity index (χ0n) is 19.8. The van der Waals surface area contributed by atoms with Gasteiger partial charge in [0.2, 0.25) is 0 Å². The van der Waals surface area contributed by atoms with Crippen LogP contribution in [0.15, 0.2) is 42.7 Å². The molecule has 0 aliphatic heterocycles. The summed E-state index contributed by atoms with van der Waals surface area (Å²) in [6, 6.07) is 11.0. The fraction of sp³-hybridized carbons (Fsp3) is 0.714. The van der Waals surface area contributed by atoms with Crippen molar-refractivity contribution >= 4 is 0 Å². The second-order valence-electron chi connectivity index (χ2n) is 10.2. The average Bonchev–Trinajstić information content (AvgIpc) is 2.82. The predicted octanol–water partition coefficient (Wildman–Crippen LogP) is 6.61. The number of rotatable bonds is 11. The SMILES string of the molecule is CC(C)[C@@H](C/C=C/O[C@H](C1CCCCC1)[C@H](O)C1CCCCC1)NCc1ccccc1. The van der Waals surface area contributed by atoms with E-state index in [-0.39, 0.29) is 12.2 Å². The van der Waals surface area contributed by atoms with Gasteiger partial charge in [0.25, 0.3) is 0 Å². The van der Waals surface area contributed by atoms with Crippen LogP contribution in [0, 0.1) is 17.8 Å². The largest absolute Gasteiger partial charge is 0.495 e. The van der Waals surface area contributed by atoms with E-state index in [1.807, 2.05) is 6.26 Å². The molecule has 1 aromatic carbocycles. The number of hydrogen-bond donors (Lipinski definition) is 2. The van der Waals surface area contributed by atoms with Gasteiger partial charge in [0.05, 0.1) is 12.4 Å². The molecule has 3 rings (SSSR count). The van der Waals surface area contributed by atoms with E-state index >= 15 is 0 Å². The molecule has 0 radical (unpaired) electrons. The molecule has 0 aromatic heterocycles. The van der Waals surface area contributed by atoms with Gasteiger partial charge in [-0.2, -0.15) is 0 Å². The van der Waals surface area contributed by atoms with Crippen LogP contribution in [0.2, 0.25) is 0 Å². The summed E-state index contributed by atoms with van der Waals surface area (Å²) in [6.45, 7) is 5.44. The van der Waals surface area contributed by atoms with E-state index < -0.39 is 0 Å².